The van der Waals surface area contributed by atoms with Gasteiger partial charge in [0.1, 0.15) is 5.76 Å². The van der Waals surface area contributed by atoms with E-state index in [2.05, 4.69) is 31.8 Å². The molecule has 2 aromatic rings. The number of oxazole rings is 1. The number of nitrogens with zero attached hydrogens (tertiary/aromatic N) is 1. The number of rotatable bonds is 3. The van der Waals surface area contributed by atoms with Gasteiger partial charge in [-0.15, -0.1) is 11.8 Å². The summed E-state index contributed by atoms with van der Waals surface area (Å²) in [4.78, 5) is 5.39. The molecule has 0 radical (unpaired) electrons. The molecule has 2 rings (SSSR count). The number of nitrogens with two attached hydrogens (primary N) is 1. The number of thioether (sulfide) groups is 1. The zero-order valence-corrected chi connectivity index (χ0v) is 12.7. The fraction of sp³-hybridized carbons (Fsp3) is 0.400. The first kappa shape index (κ1) is 14.0. The number of hydrogen-bond acceptors (Lipinski definition) is 4. The molecule has 0 fully saturated rings. The maximum atomic E-state index is 5.99. The summed E-state index contributed by atoms with van der Waals surface area (Å²) in [6, 6.07) is 6.09. The van der Waals surface area contributed by atoms with Crippen LogP contribution < -0.4 is 5.73 Å². The van der Waals surface area contributed by atoms with Crippen LogP contribution in [-0.2, 0) is 11.2 Å². The zero-order valence-electron chi connectivity index (χ0n) is 11.9. The molecule has 0 aliphatic carbocycles. The maximum Gasteiger partial charge on any atom is 0.204 e. The number of anilines is 1. The molecule has 1 aromatic carbocycles. The summed E-state index contributed by atoms with van der Waals surface area (Å²) in [5.41, 5.74) is 7.97. The topological polar surface area (TPSA) is 52.0 Å². The summed E-state index contributed by atoms with van der Waals surface area (Å²) in [6.45, 7) is 8.38. The second-order valence-electron chi connectivity index (χ2n) is 5.70. The van der Waals surface area contributed by atoms with E-state index in [1.165, 1.54) is 5.56 Å². The van der Waals surface area contributed by atoms with Crippen LogP contribution in [0.15, 0.2) is 33.7 Å². The van der Waals surface area contributed by atoms with Gasteiger partial charge >= 0.3 is 0 Å². The molecule has 1 aromatic heterocycles. The minimum absolute atomic E-state index is 0.00119. The van der Waals surface area contributed by atoms with Crippen LogP contribution in [0.25, 0.3) is 0 Å². The van der Waals surface area contributed by atoms with E-state index in [-0.39, 0.29) is 5.41 Å². The molecule has 0 saturated carbocycles. The molecule has 19 heavy (non-hydrogen) atoms. The SMILES string of the molecule is Cc1ccc(SCc2ncc(C(C)(C)C)o2)c(N)c1. The van der Waals surface area contributed by atoms with Crippen molar-refractivity contribution in [3.05, 3.63) is 41.6 Å². The molecular formula is C15H20N2OS. The predicted octanol–water partition coefficient (Wildman–Crippen LogP) is 4.16. The fourth-order valence-corrected chi connectivity index (χ4v) is 2.46. The lowest BCUT2D eigenvalue weighted by Gasteiger charge is -2.13. The molecular weight excluding hydrogens is 256 g/mol. The van der Waals surface area contributed by atoms with Gasteiger partial charge in [0.25, 0.3) is 0 Å². The number of hydrogen-bond donors (Lipinski definition) is 1. The average Bonchev–Trinajstić information content (AvgIpc) is 2.76. The molecule has 3 nitrogen and oxygen atoms in total. The van der Waals surface area contributed by atoms with Gasteiger partial charge in [-0.05, 0) is 24.6 Å². The smallest absolute Gasteiger partial charge is 0.204 e. The van der Waals surface area contributed by atoms with Crippen LogP contribution in [0.5, 0.6) is 0 Å². The monoisotopic (exact) mass is 276 g/mol. The summed E-state index contributed by atoms with van der Waals surface area (Å²) >= 11 is 1.65. The van der Waals surface area contributed by atoms with Crippen LogP contribution in [0.4, 0.5) is 5.69 Å². The van der Waals surface area contributed by atoms with E-state index in [0.717, 1.165) is 22.2 Å². The van der Waals surface area contributed by atoms with Crippen LogP contribution in [0.3, 0.4) is 0 Å². The minimum atomic E-state index is -0.00119. The van der Waals surface area contributed by atoms with Gasteiger partial charge in [0.15, 0.2) is 0 Å². The Balaban J connectivity index is 2.04. The molecule has 0 unspecified atom stereocenters. The Morgan fingerprint density at radius 2 is 2.05 bits per heavy atom. The first-order chi connectivity index (χ1) is 8.86. The lowest BCUT2D eigenvalue weighted by atomic mass is 9.94. The molecule has 0 atom stereocenters. The molecule has 0 spiro atoms. The zero-order chi connectivity index (χ0) is 14.0. The highest BCUT2D eigenvalue weighted by Crippen LogP contribution is 2.30. The van der Waals surface area contributed by atoms with E-state index in [1.807, 2.05) is 25.3 Å². The lowest BCUT2D eigenvalue weighted by molar-refractivity contribution is 0.391. The molecule has 4 heteroatoms. The van der Waals surface area contributed by atoms with Crippen molar-refractivity contribution in [2.75, 3.05) is 5.73 Å². The van der Waals surface area contributed by atoms with Gasteiger partial charge in [-0.25, -0.2) is 4.98 Å². The first-order valence-corrected chi connectivity index (χ1v) is 7.29. The molecule has 0 aliphatic rings. The van der Waals surface area contributed by atoms with Crippen LogP contribution in [0.2, 0.25) is 0 Å². The summed E-state index contributed by atoms with van der Waals surface area (Å²) < 4.78 is 5.76. The summed E-state index contributed by atoms with van der Waals surface area (Å²) in [6.07, 6.45) is 1.81. The normalized spacial score (nSPS) is 11.8. The fourth-order valence-electron chi connectivity index (χ4n) is 1.66. The van der Waals surface area contributed by atoms with Gasteiger partial charge < -0.3 is 10.2 Å². The molecule has 2 N–H and O–H groups in total. The van der Waals surface area contributed by atoms with E-state index >= 15 is 0 Å². The Labute approximate surface area is 118 Å². The van der Waals surface area contributed by atoms with Crippen molar-refractivity contribution in [1.29, 1.82) is 0 Å². The standard InChI is InChI=1S/C15H20N2OS/c1-10-5-6-12(11(16)7-10)19-9-14-17-8-13(18-14)15(2,3)4/h5-8H,9,16H2,1-4H3. The molecule has 0 bridgehead atoms. The molecule has 0 amide bonds. The van der Waals surface area contributed by atoms with Crippen molar-refractivity contribution < 1.29 is 4.42 Å². The Morgan fingerprint density at radius 1 is 1.32 bits per heavy atom. The average molecular weight is 276 g/mol. The van der Waals surface area contributed by atoms with Gasteiger partial charge in [-0.2, -0.15) is 0 Å². The summed E-state index contributed by atoms with van der Waals surface area (Å²) in [5, 5.41) is 0. The molecule has 0 saturated heterocycles. The van der Waals surface area contributed by atoms with Crippen LogP contribution in [0, 0.1) is 6.92 Å². The van der Waals surface area contributed by atoms with Gasteiger partial charge in [-0.1, -0.05) is 26.8 Å². The van der Waals surface area contributed by atoms with E-state index < -0.39 is 0 Å². The van der Waals surface area contributed by atoms with Crippen molar-refractivity contribution in [3.63, 3.8) is 0 Å². The highest BCUT2D eigenvalue weighted by molar-refractivity contribution is 7.98. The quantitative estimate of drug-likeness (QED) is 0.675. The maximum absolute atomic E-state index is 5.99. The third kappa shape index (κ3) is 3.53. The Bertz CT molecular complexity index is 570. The van der Waals surface area contributed by atoms with Crippen LogP contribution in [-0.4, -0.2) is 4.98 Å². The Hall–Kier alpha value is -1.42. The van der Waals surface area contributed by atoms with Crippen molar-refractivity contribution in [3.8, 4) is 0 Å². The predicted molar refractivity (Wildman–Crippen MR) is 80.4 cm³/mol. The van der Waals surface area contributed by atoms with Gasteiger partial charge in [0, 0.05) is 16.0 Å². The van der Waals surface area contributed by atoms with Crippen molar-refractivity contribution >= 4 is 17.4 Å². The van der Waals surface area contributed by atoms with E-state index in [1.54, 1.807) is 11.8 Å². The van der Waals surface area contributed by atoms with Crippen LogP contribution in [0.1, 0.15) is 38.0 Å². The molecule has 102 valence electrons. The largest absolute Gasteiger partial charge is 0.444 e. The van der Waals surface area contributed by atoms with Crippen molar-refractivity contribution in [2.24, 2.45) is 0 Å². The second-order valence-corrected chi connectivity index (χ2v) is 6.72. The lowest BCUT2D eigenvalue weighted by Crippen LogP contribution is -2.09. The summed E-state index contributed by atoms with van der Waals surface area (Å²) in [7, 11) is 0. The summed E-state index contributed by atoms with van der Waals surface area (Å²) in [5.74, 6) is 2.36. The van der Waals surface area contributed by atoms with Crippen LogP contribution >= 0.6 is 11.8 Å². The number of benzene rings is 1. The Morgan fingerprint density at radius 3 is 2.63 bits per heavy atom. The second kappa shape index (κ2) is 5.29. The third-order valence-electron chi connectivity index (χ3n) is 2.81. The molecule has 0 aliphatic heterocycles. The number of aryl methyl sites for hydroxylation is 1. The Kier molecular flexibility index (Phi) is 3.90. The van der Waals surface area contributed by atoms with Crippen molar-refractivity contribution in [1.82, 2.24) is 4.98 Å². The number of aromatic nitrogens is 1. The van der Waals surface area contributed by atoms with E-state index in [9.17, 15) is 0 Å². The van der Waals surface area contributed by atoms with Crippen molar-refractivity contribution in [2.45, 2.75) is 43.8 Å². The van der Waals surface area contributed by atoms with E-state index in [4.69, 9.17) is 10.2 Å². The van der Waals surface area contributed by atoms with Gasteiger partial charge in [-0.3, -0.25) is 0 Å². The highest BCUT2D eigenvalue weighted by Gasteiger charge is 2.19. The third-order valence-corrected chi connectivity index (χ3v) is 3.88. The van der Waals surface area contributed by atoms with E-state index in [0.29, 0.717) is 5.75 Å². The highest BCUT2D eigenvalue weighted by atomic mass is 32.2. The molecule has 1 heterocycles. The van der Waals surface area contributed by atoms with Gasteiger partial charge in [0.2, 0.25) is 5.89 Å². The minimum Gasteiger partial charge on any atom is -0.444 e. The van der Waals surface area contributed by atoms with Gasteiger partial charge in [0.05, 0.1) is 11.9 Å². The first-order valence-electron chi connectivity index (χ1n) is 6.30. The number of nitrogen functional groups attached to an aromatic ring is 1.